The minimum Gasteiger partial charge on any atom is -0.368 e. The van der Waals surface area contributed by atoms with Crippen LogP contribution in [0, 0.1) is 0 Å². The Kier molecular flexibility index (Phi) is 5.42. The van der Waals surface area contributed by atoms with Gasteiger partial charge in [0.1, 0.15) is 0 Å². The monoisotopic (exact) mass is 235 g/mol. The third-order valence-electron chi connectivity index (χ3n) is 3.35. The van der Waals surface area contributed by atoms with Crippen LogP contribution in [-0.4, -0.2) is 55.8 Å². The van der Waals surface area contributed by atoms with Crippen molar-refractivity contribution in [1.29, 1.82) is 0 Å². The van der Waals surface area contributed by atoms with E-state index in [-0.39, 0.29) is 0 Å². The fourth-order valence-corrected chi connectivity index (χ4v) is 1.88. The topological polar surface area (TPSA) is 18.8 Å². The number of allylic oxidation sites excluding steroid dienone is 3. The van der Waals surface area contributed by atoms with Crippen molar-refractivity contribution in [3.8, 4) is 0 Å². The van der Waals surface area contributed by atoms with E-state index in [0.717, 1.165) is 38.3 Å². The Labute approximate surface area is 106 Å². The molecule has 0 unspecified atom stereocenters. The first-order chi connectivity index (χ1) is 8.08. The lowest BCUT2D eigenvalue weighted by atomic mass is 10.1. The average molecular weight is 235 g/mol. The van der Waals surface area contributed by atoms with Crippen molar-refractivity contribution in [3.05, 3.63) is 23.9 Å². The van der Waals surface area contributed by atoms with Crippen molar-refractivity contribution < 1.29 is 0 Å². The van der Waals surface area contributed by atoms with Gasteiger partial charge in [0.05, 0.1) is 11.4 Å². The van der Waals surface area contributed by atoms with Crippen LogP contribution >= 0.6 is 0 Å². The van der Waals surface area contributed by atoms with Crippen LogP contribution in [0.4, 0.5) is 0 Å². The Morgan fingerprint density at radius 3 is 2.35 bits per heavy atom. The standard InChI is InChI=1S/C14H25N3/c1-6-12(2)11-14(13(3)15-4)17-9-7-16(5)8-10-17/h11H,2,6-10H2,1,3-5H3/b14-11+,15-13?. The van der Waals surface area contributed by atoms with E-state index in [9.17, 15) is 0 Å². The SMILES string of the molecule is C=C(/C=C(\C(C)=NC)N1CCN(C)CC1)CC. The van der Waals surface area contributed by atoms with Gasteiger partial charge in [0, 0.05) is 33.2 Å². The van der Waals surface area contributed by atoms with Gasteiger partial charge in [0.25, 0.3) is 0 Å². The number of hydrogen-bond acceptors (Lipinski definition) is 3. The largest absolute Gasteiger partial charge is 0.368 e. The smallest absolute Gasteiger partial charge is 0.0580 e. The lowest BCUT2D eigenvalue weighted by Gasteiger charge is -2.35. The molecule has 17 heavy (non-hydrogen) atoms. The van der Waals surface area contributed by atoms with Crippen LogP contribution in [0.3, 0.4) is 0 Å². The highest BCUT2D eigenvalue weighted by Gasteiger charge is 2.17. The zero-order chi connectivity index (χ0) is 12.8. The maximum Gasteiger partial charge on any atom is 0.0580 e. The molecule has 0 atom stereocenters. The van der Waals surface area contributed by atoms with E-state index in [0.29, 0.717) is 0 Å². The molecule has 0 aromatic carbocycles. The highest BCUT2D eigenvalue weighted by molar-refractivity contribution is 5.98. The van der Waals surface area contributed by atoms with E-state index in [4.69, 9.17) is 0 Å². The maximum absolute atomic E-state index is 4.32. The minimum absolute atomic E-state index is 0.994. The van der Waals surface area contributed by atoms with E-state index in [1.807, 2.05) is 7.05 Å². The summed E-state index contributed by atoms with van der Waals surface area (Å²) in [6.07, 6.45) is 3.18. The van der Waals surface area contributed by atoms with Crippen molar-refractivity contribution in [2.45, 2.75) is 20.3 Å². The second kappa shape index (κ2) is 6.60. The van der Waals surface area contributed by atoms with Crippen molar-refractivity contribution in [1.82, 2.24) is 9.80 Å². The fraction of sp³-hybridized carbons (Fsp3) is 0.643. The Bertz CT molecular complexity index is 320. The van der Waals surface area contributed by atoms with Crippen LogP contribution in [0.25, 0.3) is 0 Å². The summed E-state index contributed by atoms with van der Waals surface area (Å²) in [5.41, 5.74) is 3.51. The summed E-state index contributed by atoms with van der Waals surface area (Å²) in [4.78, 5) is 9.10. The summed E-state index contributed by atoms with van der Waals surface area (Å²) >= 11 is 0. The van der Waals surface area contributed by atoms with Gasteiger partial charge in [-0.1, -0.05) is 19.1 Å². The Balaban J connectivity index is 2.84. The number of aliphatic imine (C=N–C) groups is 1. The van der Waals surface area contributed by atoms with Gasteiger partial charge in [0.2, 0.25) is 0 Å². The molecule has 1 aliphatic heterocycles. The van der Waals surface area contributed by atoms with Crippen molar-refractivity contribution >= 4 is 5.71 Å². The Morgan fingerprint density at radius 2 is 1.88 bits per heavy atom. The molecule has 3 heteroatoms. The van der Waals surface area contributed by atoms with E-state index < -0.39 is 0 Å². The summed E-state index contributed by atoms with van der Waals surface area (Å²) in [7, 11) is 4.03. The molecule has 1 fully saturated rings. The normalized spacial score (nSPS) is 19.6. The molecule has 1 aliphatic rings. The maximum atomic E-state index is 4.32. The van der Waals surface area contributed by atoms with Gasteiger partial charge in [-0.15, -0.1) is 0 Å². The van der Waals surface area contributed by atoms with Crippen LogP contribution in [0.2, 0.25) is 0 Å². The Morgan fingerprint density at radius 1 is 1.29 bits per heavy atom. The van der Waals surface area contributed by atoms with Crippen molar-refractivity contribution in [2.75, 3.05) is 40.3 Å². The first-order valence-corrected chi connectivity index (χ1v) is 6.35. The van der Waals surface area contributed by atoms with E-state index in [1.54, 1.807) is 0 Å². The van der Waals surface area contributed by atoms with Gasteiger partial charge in [-0.25, -0.2) is 0 Å². The highest BCUT2D eigenvalue weighted by atomic mass is 15.3. The first-order valence-electron chi connectivity index (χ1n) is 6.35. The lowest BCUT2D eigenvalue weighted by molar-refractivity contribution is 0.192. The predicted octanol–water partition coefficient (Wildman–Crippen LogP) is 2.17. The molecular formula is C14H25N3. The zero-order valence-electron chi connectivity index (χ0n) is 11.7. The molecular weight excluding hydrogens is 210 g/mol. The van der Waals surface area contributed by atoms with Crippen LogP contribution in [-0.2, 0) is 0 Å². The molecule has 0 bridgehead atoms. The number of nitrogens with zero attached hydrogens (tertiary/aromatic N) is 3. The first kappa shape index (κ1) is 14.0. The molecule has 1 heterocycles. The van der Waals surface area contributed by atoms with Gasteiger partial charge in [-0.3, -0.25) is 4.99 Å². The molecule has 0 saturated carbocycles. The quantitative estimate of drug-likeness (QED) is 0.549. The summed E-state index contributed by atoms with van der Waals surface area (Å²) in [5, 5.41) is 0. The average Bonchev–Trinajstić information content (AvgIpc) is 2.36. The zero-order valence-corrected chi connectivity index (χ0v) is 11.7. The van der Waals surface area contributed by atoms with Gasteiger partial charge < -0.3 is 9.80 Å². The van der Waals surface area contributed by atoms with Crippen LogP contribution in [0.15, 0.2) is 28.9 Å². The minimum atomic E-state index is 0.994. The molecule has 3 nitrogen and oxygen atoms in total. The van der Waals surface area contributed by atoms with Crippen LogP contribution in [0.5, 0.6) is 0 Å². The summed E-state index contributed by atoms with van der Waals surface area (Å²) < 4.78 is 0. The van der Waals surface area contributed by atoms with Gasteiger partial charge in [-0.2, -0.15) is 0 Å². The molecule has 0 N–H and O–H groups in total. The molecule has 96 valence electrons. The van der Waals surface area contributed by atoms with E-state index >= 15 is 0 Å². The number of hydrogen-bond donors (Lipinski definition) is 0. The predicted molar refractivity (Wildman–Crippen MR) is 75.6 cm³/mol. The fourth-order valence-electron chi connectivity index (χ4n) is 1.88. The van der Waals surface area contributed by atoms with E-state index in [2.05, 4.69) is 48.3 Å². The summed E-state index contributed by atoms with van der Waals surface area (Å²) in [5.74, 6) is 0. The molecule has 0 aromatic rings. The second-order valence-corrected chi connectivity index (χ2v) is 4.64. The molecule has 0 aliphatic carbocycles. The van der Waals surface area contributed by atoms with Gasteiger partial charge in [0.15, 0.2) is 0 Å². The third-order valence-corrected chi connectivity index (χ3v) is 3.35. The van der Waals surface area contributed by atoms with Gasteiger partial charge >= 0.3 is 0 Å². The van der Waals surface area contributed by atoms with Crippen molar-refractivity contribution in [3.63, 3.8) is 0 Å². The summed E-state index contributed by atoms with van der Waals surface area (Å²) in [6.45, 7) is 12.7. The van der Waals surface area contributed by atoms with Crippen molar-refractivity contribution in [2.24, 2.45) is 4.99 Å². The van der Waals surface area contributed by atoms with E-state index in [1.165, 1.54) is 11.3 Å². The Hall–Kier alpha value is -1.09. The third kappa shape index (κ3) is 4.00. The van der Waals surface area contributed by atoms with Crippen LogP contribution in [0.1, 0.15) is 20.3 Å². The van der Waals surface area contributed by atoms with Crippen LogP contribution < -0.4 is 0 Å². The molecule has 1 saturated heterocycles. The molecule has 0 radical (unpaired) electrons. The number of piperazine rings is 1. The summed E-state index contributed by atoms with van der Waals surface area (Å²) in [6, 6.07) is 0. The lowest BCUT2D eigenvalue weighted by Crippen LogP contribution is -2.45. The number of likely N-dealkylation sites (N-methyl/N-ethyl adjacent to an activating group) is 1. The van der Waals surface area contributed by atoms with Gasteiger partial charge in [-0.05, 0) is 26.5 Å². The molecule has 1 rings (SSSR count). The second-order valence-electron chi connectivity index (χ2n) is 4.64. The molecule has 0 amide bonds. The number of rotatable bonds is 4. The molecule has 0 spiro atoms. The highest BCUT2D eigenvalue weighted by Crippen LogP contribution is 2.14. The molecule has 0 aromatic heterocycles.